The lowest BCUT2D eigenvalue weighted by molar-refractivity contribution is 0.637. The number of hydrogen-bond acceptors (Lipinski definition) is 2. The van der Waals surface area contributed by atoms with Gasteiger partial charge in [0.2, 0.25) is 0 Å². The van der Waals surface area contributed by atoms with Crippen LogP contribution < -0.4 is 5.56 Å². The van der Waals surface area contributed by atoms with Gasteiger partial charge in [0.15, 0.2) is 0 Å². The van der Waals surface area contributed by atoms with Crippen LogP contribution in [0.4, 0.5) is 0 Å². The normalized spacial score (nSPS) is 10.6. The third kappa shape index (κ3) is 1.91. The minimum atomic E-state index is 0.0492. The standard InChI is InChI=1S/C12H15N3O/c1-3-14-8-6-13-11(14)9-15-7-4-5-10(2)12(15)16/h4-8H,3,9H2,1-2H3. The van der Waals surface area contributed by atoms with Gasteiger partial charge < -0.3 is 9.13 Å². The highest BCUT2D eigenvalue weighted by atomic mass is 16.1. The summed E-state index contributed by atoms with van der Waals surface area (Å²) < 4.78 is 3.72. The Bertz CT molecular complexity index is 539. The average Bonchev–Trinajstić information content (AvgIpc) is 2.72. The van der Waals surface area contributed by atoms with E-state index in [0.717, 1.165) is 17.9 Å². The van der Waals surface area contributed by atoms with E-state index < -0.39 is 0 Å². The van der Waals surface area contributed by atoms with E-state index >= 15 is 0 Å². The van der Waals surface area contributed by atoms with Crippen LogP contribution in [0.25, 0.3) is 0 Å². The molecule has 2 aromatic rings. The number of pyridine rings is 1. The van der Waals surface area contributed by atoms with Gasteiger partial charge in [0, 0.05) is 30.7 Å². The molecule has 0 N–H and O–H groups in total. The largest absolute Gasteiger partial charge is 0.334 e. The predicted molar refractivity (Wildman–Crippen MR) is 62.4 cm³/mol. The molecule has 0 saturated heterocycles. The summed E-state index contributed by atoms with van der Waals surface area (Å²) in [4.78, 5) is 16.1. The second-order valence-electron chi connectivity index (χ2n) is 3.75. The minimum absolute atomic E-state index is 0.0492. The molecule has 0 amide bonds. The number of aryl methyl sites for hydroxylation is 2. The molecule has 2 heterocycles. The number of nitrogens with zero attached hydrogens (tertiary/aromatic N) is 3. The Morgan fingerprint density at radius 3 is 2.88 bits per heavy atom. The van der Waals surface area contributed by atoms with E-state index in [1.165, 1.54) is 0 Å². The molecule has 0 aliphatic heterocycles. The highest BCUT2D eigenvalue weighted by molar-refractivity contribution is 5.08. The molecule has 0 radical (unpaired) electrons. The molecule has 4 heteroatoms. The zero-order chi connectivity index (χ0) is 11.5. The second-order valence-corrected chi connectivity index (χ2v) is 3.75. The molecule has 4 nitrogen and oxygen atoms in total. The third-order valence-corrected chi connectivity index (χ3v) is 2.66. The molecular weight excluding hydrogens is 202 g/mol. The van der Waals surface area contributed by atoms with E-state index in [1.54, 1.807) is 17.0 Å². The first-order valence-corrected chi connectivity index (χ1v) is 5.38. The molecule has 2 rings (SSSR count). The Labute approximate surface area is 94.2 Å². The zero-order valence-corrected chi connectivity index (χ0v) is 9.55. The molecule has 0 spiro atoms. The van der Waals surface area contributed by atoms with Crippen LogP contribution in [0.3, 0.4) is 0 Å². The summed E-state index contributed by atoms with van der Waals surface area (Å²) in [5.74, 6) is 0.912. The summed E-state index contributed by atoms with van der Waals surface area (Å²) in [6, 6.07) is 3.71. The van der Waals surface area contributed by atoms with Crippen LogP contribution in [-0.2, 0) is 13.1 Å². The molecule has 0 unspecified atom stereocenters. The Morgan fingerprint density at radius 1 is 1.31 bits per heavy atom. The fraction of sp³-hybridized carbons (Fsp3) is 0.333. The van der Waals surface area contributed by atoms with E-state index in [4.69, 9.17) is 0 Å². The first-order chi connectivity index (χ1) is 7.72. The molecule has 0 saturated carbocycles. The van der Waals surface area contributed by atoms with Crippen molar-refractivity contribution in [1.82, 2.24) is 14.1 Å². The summed E-state index contributed by atoms with van der Waals surface area (Å²) in [5.41, 5.74) is 0.810. The fourth-order valence-corrected chi connectivity index (χ4v) is 1.71. The van der Waals surface area contributed by atoms with E-state index in [1.807, 2.05) is 29.8 Å². The van der Waals surface area contributed by atoms with Gasteiger partial charge in [-0.2, -0.15) is 0 Å². The maximum atomic E-state index is 11.8. The lowest BCUT2D eigenvalue weighted by Crippen LogP contribution is -2.23. The second kappa shape index (κ2) is 4.35. The first kappa shape index (κ1) is 10.7. The van der Waals surface area contributed by atoms with Gasteiger partial charge in [-0.05, 0) is 19.9 Å². The Morgan fingerprint density at radius 2 is 2.12 bits per heavy atom. The summed E-state index contributed by atoms with van der Waals surface area (Å²) in [7, 11) is 0. The molecule has 84 valence electrons. The minimum Gasteiger partial charge on any atom is -0.334 e. The number of imidazole rings is 1. The highest BCUT2D eigenvalue weighted by Crippen LogP contribution is 2.00. The van der Waals surface area contributed by atoms with Crippen molar-refractivity contribution < 1.29 is 0 Å². The van der Waals surface area contributed by atoms with Crippen molar-refractivity contribution in [3.8, 4) is 0 Å². The SMILES string of the molecule is CCn1ccnc1Cn1cccc(C)c1=O. The van der Waals surface area contributed by atoms with E-state index in [2.05, 4.69) is 11.9 Å². The van der Waals surface area contributed by atoms with Gasteiger partial charge in [-0.3, -0.25) is 4.79 Å². The number of rotatable bonds is 3. The van der Waals surface area contributed by atoms with Gasteiger partial charge in [-0.25, -0.2) is 4.98 Å². The molecule has 0 aromatic carbocycles. The molecule has 0 aliphatic carbocycles. The van der Waals surface area contributed by atoms with E-state index in [-0.39, 0.29) is 5.56 Å². The molecule has 16 heavy (non-hydrogen) atoms. The van der Waals surface area contributed by atoms with Crippen LogP contribution in [0.5, 0.6) is 0 Å². The monoisotopic (exact) mass is 217 g/mol. The van der Waals surface area contributed by atoms with Crippen molar-refractivity contribution in [3.63, 3.8) is 0 Å². The number of hydrogen-bond donors (Lipinski definition) is 0. The van der Waals surface area contributed by atoms with E-state index in [9.17, 15) is 4.79 Å². The van der Waals surface area contributed by atoms with Crippen LogP contribution in [0, 0.1) is 6.92 Å². The van der Waals surface area contributed by atoms with Gasteiger partial charge in [-0.1, -0.05) is 6.07 Å². The molecule has 0 atom stereocenters. The summed E-state index contributed by atoms with van der Waals surface area (Å²) in [5, 5.41) is 0. The van der Waals surface area contributed by atoms with Crippen LogP contribution in [0.15, 0.2) is 35.5 Å². The van der Waals surface area contributed by atoms with Crippen molar-refractivity contribution in [1.29, 1.82) is 0 Å². The molecular formula is C12H15N3O. The molecule has 0 fully saturated rings. The lowest BCUT2D eigenvalue weighted by atomic mass is 10.3. The topological polar surface area (TPSA) is 39.8 Å². The van der Waals surface area contributed by atoms with Crippen LogP contribution >= 0.6 is 0 Å². The molecule has 0 aliphatic rings. The van der Waals surface area contributed by atoms with Crippen LogP contribution in [0.2, 0.25) is 0 Å². The highest BCUT2D eigenvalue weighted by Gasteiger charge is 2.04. The smallest absolute Gasteiger partial charge is 0.253 e. The van der Waals surface area contributed by atoms with Gasteiger partial charge in [0.25, 0.3) is 5.56 Å². The van der Waals surface area contributed by atoms with Gasteiger partial charge in [0.1, 0.15) is 5.82 Å². The molecule has 0 bridgehead atoms. The van der Waals surface area contributed by atoms with Crippen LogP contribution in [-0.4, -0.2) is 14.1 Å². The maximum Gasteiger partial charge on any atom is 0.253 e. The summed E-state index contributed by atoms with van der Waals surface area (Å²) >= 11 is 0. The molecule has 2 aromatic heterocycles. The summed E-state index contributed by atoms with van der Waals surface area (Å²) in [6.07, 6.45) is 5.49. The Hall–Kier alpha value is -1.84. The summed E-state index contributed by atoms with van der Waals surface area (Å²) in [6.45, 7) is 5.28. The van der Waals surface area contributed by atoms with Gasteiger partial charge >= 0.3 is 0 Å². The van der Waals surface area contributed by atoms with E-state index in [0.29, 0.717) is 6.54 Å². The third-order valence-electron chi connectivity index (χ3n) is 2.66. The van der Waals surface area contributed by atoms with Crippen molar-refractivity contribution in [2.24, 2.45) is 0 Å². The average molecular weight is 217 g/mol. The van der Waals surface area contributed by atoms with Crippen molar-refractivity contribution in [3.05, 3.63) is 52.5 Å². The predicted octanol–water partition coefficient (Wildman–Crippen LogP) is 1.42. The lowest BCUT2D eigenvalue weighted by Gasteiger charge is -2.07. The van der Waals surface area contributed by atoms with Crippen molar-refractivity contribution in [2.45, 2.75) is 26.9 Å². The Kier molecular flexibility index (Phi) is 2.90. The van der Waals surface area contributed by atoms with Crippen molar-refractivity contribution >= 4 is 0 Å². The van der Waals surface area contributed by atoms with Gasteiger partial charge in [-0.15, -0.1) is 0 Å². The van der Waals surface area contributed by atoms with Crippen LogP contribution in [0.1, 0.15) is 18.3 Å². The number of aromatic nitrogens is 3. The quantitative estimate of drug-likeness (QED) is 0.780. The zero-order valence-electron chi connectivity index (χ0n) is 9.55. The van der Waals surface area contributed by atoms with Gasteiger partial charge in [0.05, 0.1) is 6.54 Å². The van der Waals surface area contributed by atoms with Crippen molar-refractivity contribution in [2.75, 3.05) is 0 Å². The maximum absolute atomic E-state index is 11.8. The first-order valence-electron chi connectivity index (χ1n) is 5.38. The fourth-order valence-electron chi connectivity index (χ4n) is 1.71. The Balaban J connectivity index is 2.34.